The highest BCUT2D eigenvalue weighted by Gasteiger charge is 2.26. The molecule has 1 aromatic carbocycles. The molecule has 0 saturated carbocycles. The van der Waals surface area contributed by atoms with Crippen molar-refractivity contribution in [2.45, 2.75) is 51.5 Å². The second-order valence-corrected chi connectivity index (χ2v) is 7.96. The van der Waals surface area contributed by atoms with E-state index in [4.69, 9.17) is 4.74 Å². The molecule has 2 fully saturated rings. The van der Waals surface area contributed by atoms with E-state index in [0.29, 0.717) is 25.5 Å². The van der Waals surface area contributed by atoms with Gasteiger partial charge in [0.1, 0.15) is 5.75 Å². The fraction of sp³-hybridized carbons (Fsp3) is 0.636. The number of ether oxygens (including phenoxy) is 1. The third kappa shape index (κ3) is 7.19. The molecule has 0 radical (unpaired) electrons. The van der Waals surface area contributed by atoms with Gasteiger partial charge in [-0.15, -0.1) is 12.4 Å². The lowest BCUT2D eigenvalue weighted by Gasteiger charge is -2.33. The van der Waals surface area contributed by atoms with E-state index in [0.717, 1.165) is 63.1 Å². The highest BCUT2D eigenvalue weighted by molar-refractivity contribution is 5.85. The Kier molecular flexibility index (Phi) is 9.74. The molecule has 2 saturated heterocycles. The molecule has 2 atom stereocenters. The van der Waals surface area contributed by atoms with Gasteiger partial charge in [0.05, 0.1) is 12.6 Å². The summed E-state index contributed by atoms with van der Waals surface area (Å²) in [6, 6.07) is 7.90. The van der Waals surface area contributed by atoms with E-state index in [1.54, 1.807) is 0 Å². The van der Waals surface area contributed by atoms with Gasteiger partial charge in [0.15, 0.2) is 0 Å². The highest BCUT2D eigenvalue weighted by Crippen LogP contribution is 2.19. The van der Waals surface area contributed by atoms with Gasteiger partial charge in [0.25, 0.3) is 0 Å². The van der Waals surface area contributed by atoms with E-state index in [9.17, 15) is 9.59 Å². The molecular formula is C22H34ClN3O3. The van der Waals surface area contributed by atoms with Crippen LogP contribution in [0.25, 0.3) is 0 Å². The molecule has 6 nitrogen and oxygen atoms in total. The van der Waals surface area contributed by atoms with Gasteiger partial charge in [-0.1, -0.05) is 18.2 Å². The molecule has 2 aliphatic rings. The summed E-state index contributed by atoms with van der Waals surface area (Å²) in [6.45, 7) is 5.74. The van der Waals surface area contributed by atoms with Crippen molar-refractivity contribution in [3.63, 3.8) is 0 Å². The monoisotopic (exact) mass is 423 g/mol. The number of halogens is 1. The van der Waals surface area contributed by atoms with Gasteiger partial charge in [-0.3, -0.25) is 9.59 Å². The Labute approximate surface area is 180 Å². The smallest absolute Gasteiger partial charge is 0.237 e. The Morgan fingerprint density at radius 3 is 2.83 bits per heavy atom. The van der Waals surface area contributed by atoms with Crippen LogP contribution in [0, 0.1) is 12.8 Å². The van der Waals surface area contributed by atoms with Crippen molar-refractivity contribution in [2.24, 2.45) is 5.92 Å². The van der Waals surface area contributed by atoms with E-state index in [-0.39, 0.29) is 30.3 Å². The van der Waals surface area contributed by atoms with E-state index in [1.807, 2.05) is 36.1 Å². The Bertz CT molecular complexity index is 664. The number of hydrogen-bond donors (Lipinski definition) is 2. The number of rotatable bonds is 8. The minimum Gasteiger partial charge on any atom is -0.493 e. The average Bonchev–Trinajstić information content (AvgIpc) is 3.26. The number of aryl methyl sites for hydroxylation is 1. The first-order valence-electron chi connectivity index (χ1n) is 10.6. The number of piperidine rings is 1. The molecule has 2 amide bonds. The van der Waals surface area contributed by atoms with Crippen LogP contribution in [0.3, 0.4) is 0 Å². The lowest BCUT2D eigenvalue weighted by Crippen LogP contribution is -2.46. The van der Waals surface area contributed by atoms with E-state index in [1.165, 1.54) is 0 Å². The van der Waals surface area contributed by atoms with Gasteiger partial charge < -0.3 is 20.3 Å². The average molecular weight is 424 g/mol. The maximum Gasteiger partial charge on any atom is 0.237 e. The fourth-order valence-electron chi connectivity index (χ4n) is 4.02. The minimum atomic E-state index is -0.0328. The Morgan fingerprint density at radius 2 is 2.07 bits per heavy atom. The van der Waals surface area contributed by atoms with Crippen LogP contribution in [0.2, 0.25) is 0 Å². The van der Waals surface area contributed by atoms with Crippen molar-refractivity contribution in [1.82, 2.24) is 15.5 Å². The van der Waals surface area contributed by atoms with Gasteiger partial charge in [-0.25, -0.2) is 0 Å². The Morgan fingerprint density at radius 1 is 1.24 bits per heavy atom. The quantitative estimate of drug-likeness (QED) is 0.630. The molecule has 7 heteroatoms. The van der Waals surface area contributed by atoms with Crippen LogP contribution >= 0.6 is 12.4 Å². The Balaban J connectivity index is 0.00000300. The largest absolute Gasteiger partial charge is 0.493 e. The zero-order valence-corrected chi connectivity index (χ0v) is 18.1. The lowest BCUT2D eigenvalue weighted by atomic mass is 9.97. The molecule has 3 rings (SSSR count). The van der Waals surface area contributed by atoms with Crippen molar-refractivity contribution in [1.29, 1.82) is 0 Å². The normalized spacial score (nSPS) is 21.3. The SMILES string of the molecule is Cc1ccccc1OCCCC(=O)N1CCCC(CNC(=O)C2CCCN2)C1.Cl. The molecule has 0 bridgehead atoms. The number of para-hydroxylation sites is 1. The summed E-state index contributed by atoms with van der Waals surface area (Å²) >= 11 is 0. The highest BCUT2D eigenvalue weighted by atomic mass is 35.5. The van der Waals surface area contributed by atoms with Gasteiger partial charge >= 0.3 is 0 Å². The van der Waals surface area contributed by atoms with Crippen molar-refractivity contribution in [3.05, 3.63) is 29.8 Å². The molecule has 2 unspecified atom stereocenters. The predicted octanol–water partition coefficient (Wildman–Crippen LogP) is 2.68. The molecule has 2 N–H and O–H groups in total. The van der Waals surface area contributed by atoms with E-state index in [2.05, 4.69) is 10.6 Å². The predicted molar refractivity (Wildman–Crippen MR) is 116 cm³/mol. The minimum absolute atomic E-state index is 0. The number of likely N-dealkylation sites (tertiary alicyclic amines) is 1. The molecule has 29 heavy (non-hydrogen) atoms. The number of hydrogen-bond acceptors (Lipinski definition) is 4. The summed E-state index contributed by atoms with van der Waals surface area (Å²) in [5.41, 5.74) is 1.11. The number of carbonyl (C=O) groups excluding carboxylic acids is 2. The first kappa shape index (κ1) is 23.5. The van der Waals surface area contributed by atoms with Crippen LogP contribution in [0.1, 0.15) is 44.1 Å². The topological polar surface area (TPSA) is 70.7 Å². The van der Waals surface area contributed by atoms with Crippen molar-refractivity contribution in [3.8, 4) is 5.75 Å². The first-order chi connectivity index (χ1) is 13.6. The number of nitrogens with zero attached hydrogens (tertiary/aromatic N) is 1. The summed E-state index contributed by atoms with van der Waals surface area (Å²) < 4.78 is 5.79. The fourth-order valence-corrected chi connectivity index (χ4v) is 4.02. The summed E-state index contributed by atoms with van der Waals surface area (Å²) in [7, 11) is 0. The van der Waals surface area contributed by atoms with E-state index < -0.39 is 0 Å². The molecule has 0 aliphatic carbocycles. The summed E-state index contributed by atoms with van der Waals surface area (Å²) in [5, 5.41) is 6.30. The summed E-state index contributed by atoms with van der Waals surface area (Å²) in [4.78, 5) is 26.7. The lowest BCUT2D eigenvalue weighted by molar-refractivity contribution is -0.133. The molecular weight excluding hydrogens is 390 g/mol. The molecule has 1 aromatic rings. The number of carbonyl (C=O) groups is 2. The van der Waals surface area contributed by atoms with Crippen LogP contribution < -0.4 is 15.4 Å². The zero-order valence-electron chi connectivity index (χ0n) is 17.3. The number of amides is 2. The first-order valence-corrected chi connectivity index (χ1v) is 10.6. The summed E-state index contributed by atoms with van der Waals surface area (Å²) in [6.07, 6.45) is 5.30. The molecule has 162 valence electrons. The van der Waals surface area contributed by atoms with Crippen molar-refractivity contribution >= 4 is 24.2 Å². The van der Waals surface area contributed by atoms with Crippen LogP contribution in [0.15, 0.2) is 24.3 Å². The third-order valence-electron chi connectivity index (χ3n) is 5.70. The molecule has 2 heterocycles. The van der Waals surface area contributed by atoms with Crippen molar-refractivity contribution < 1.29 is 14.3 Å². The van der Waals surface area contributed by atoms with Gasteiger partial charge in [0, 0.05) is 26.1 Å². The summed E-state index contributed by atoms with van der Waals surface area (Å²) in [5.74, 6) is 1.54. The molecule has 0 aromatic heterocycles. The van der Waals surface area contributed by atoms with Crippen LogP contribution in [0.4, 0.5) is 0 Å². The second-order valence-electron chi connectivity index (χ2n) is 7.96. The van der Waals surface area contributed by atoms with Crippen LogP contribution in [-0.2, 0) is 9.59 Å². The maximum atomic E-state index is 12.5. The number of benzene rings is 1. The second kappa shape index (κ2) is 12.0. The maximum absolute atomic E-state index is 12.5. The van der Waals surface area contributed by atoms with Crippen molar-refractivity contribution in [2.75, 3.05) is 32.8 Å². The zero-order chi connectivity index (χ0) is 19.8. The van der Waals surface area contributed by atoms with Crippen LogP contribution in [0.5, 0.6) is 5.75 Å². The van der Waals surface area contributed by atoms with Gasteiger partial charge in [-0.05, 0) is 63.1 Å². The molecule has 0 spiro atoms. The van der Waals surface area contributed by atoms with Gasteiger partial charge in [-0.2, -0.15) is 0 Å². The van der Waals surface area contributed by atoms with Gasteiger partial charge in [0.2, 0.25) is 11.8 Å². The van der Waals surface area contributed by atoms with Crippen LogP contribution in [-0.4, -0.2) is 55.5 Å². The third-order valence-corrected chi connectivity index (χ3v) is 5.70. The standard InChI is InChI=1S/C22H33N3O3.ClH/c1-17-7-2-3-10-20(17)28-14-6-11-21(26)25-13-5-8-18(16-25)15-24-22(27)19-9-4-12-23-19;/h2-3,7,10,18-19,23H,4-6,8-9,11-16H2,1H3,(H,24,27);1H. The molecule has 2 aliphatic heterocycles. The Hall–Kier alpha value is -1.79. The number of nitrogens with one attached hydrogen (secondary N) is 2. The van der Waals surface area contributed by atoms with E-state index >= 15 is 0 Å².